The van der Waals surface area contributed by atoms with Gasteiger partial charge in [-0.1, -0.05) is 46.5 Å². The molecule has 0 saturated heterocycles. The Morgan fingerprint density at radius 3 is 2.00 bits per heavy atom. The van der Waals surface area contributed by atoms with E-state index in [-0.39, 0.29) is 63.3 Å². The first-order valence-electron chi connectivity index (χ1n) is 20.2. The van der Waals surface area contributed by atoms with Crippen LogP contribution >= 0.6 is 0 Å². The Hall–Kier alpha value is -1.90. The summed E-state index contributed by atoms with van der Waals surface area (Å²) in [6, 6.07) is -0.911. The van der Waals surface area contributed by atoms with E-state index in [0.29, 0.717) is 32.0 Å². The Balaban J connectivity index is 1.85. The van der Waals surface area contributed by atoms with Gasteiger partial charge in [-0.3, -0.25) is 19.8 Å². The summed E-state index contributed by atoms with van der Waals surface area (Å²) in [4.78, 5) is 42.9. The third kappa shape index (κ3) is 13.7. The van der Waals surface area contributed by atoms with Gasteiger partial charge in [-0.15, -0.1) is 0 Å². The SMILES string of the molecule is CCCCN(CC(O)C(CC1CC(F)CC(F)C1)NC(=O)C1CC(C(=O)N(CCC)CCC)CC(S(=O)(=O)N(C)C)C1)NC(=O)CC1CCCCC1. The maximum absolute atomic E-state index is 14.5. The second-order valence-corrected chi connectivity index (χ2v) is 18.5. The van der Waals surface area contributed by atoms with Gasteiger partial charge in [0.25, 0.3) is 0 Å². The topological polar surface area (TPSA) is 139 Å². The van der Waals surface area contributed by atoms with Crippen LogP contribution in [0.15, 0.2) is 0 Å². The zero-order valence-corrected chi connectivity index (χ0v) is 33.4. The molecular formula is C38H69F2N5O6S. The smallest absolute Gasteiger partial charge is 0.234 e. The molecule has 3 aliphatic carbocycles. The number of nitrogens with one attached hydrogen (secondary N) is 2. The third-order valence-electron chi connectivity index (χ3n) is 11.4. The molecule has 3 fully saturated rings. The summed E-state index contributed by atoms with van der Waals surface area (Å²) < 4.78 is 57.1. The number of alkyl halides is 2. The zero-order chi connectivity index (χ0) is 38.4. The molecule has 302 valence electrons. The Bertz CT molecular complexity index is 1210. The van der Waals surface area contributed by atoms with Crippen molar-refractivity contribution >= 4 is 27.7 Å². The predicted molar refractivity (Wildman–Crippen MR) is 200 cm³/mol. The highest BCUT2D eigenvalue weighted by molar-refractivity contribution is 7.89. The molecule has 7 atom stereocenters. The van der Waals surface area contributed by atoms with Crippen LogP contribution in [0.2, 0.25) is 0 Å². The maximum atomic E-state index is 14.5. The number of hydrogen-bond donors (Lipinski definition) is 3. The fourth-order valence-corrected chi connectivity index (χ4v) is 10.1. The minimum absolute atomic E-state index is 0.00140. The molecule has 0 radical (unpaired) electrons. The number of carbonyl (C=O) groups is 3. The van der Waals surface area contributed by atoms with E-state index in [1.165, 1.54) is 20.5 Å². The maximum Gasteiger partial charge on any atom is 0.234 e. The molecule has 3 saturated carbocycles. The number of nitrogens with zero attached hydrogens (tertiary/aromatic N) is 3. The molecule has 0 aromatic rings. The molecule has 0 heterocycles. The van der Waals surface area contributed by atoms with Gasteiger partial charge >= 0.3 is 0 Å². The molecule has 3 rings (SSSR count). The normalized spacial score (nSPS) is 27.3. The molecule has 7 unspecified atom stereocenters. The second kappa shape index (κ2) is 21.9. The van der Waals surface area contributed by atoms with Crippen LogP contribution in [0.4, 0.5) is 8.78 Å². The molecule has 52 heavy (non-hydrogen) atoms. The molecule has 11 nitrogen and oxygen atoms in total. The number of unbranched alkanes of at least 4 members (excludes halogenated alkanes) is 1. The molecule has 0 aromatic heterocycles. The first kappa shape index (κ1) is 44.5. The van der Waals surface area contributed by atoms with E-state index in [1.807, 2.05) is 20.8 Å². The predicted octanol–water partition coefficient (Wildman–Crippen LogP) is 5.13. The first-order valence-corrected chi connectivity index (χ1v) is 21.7. The van der Waals surface area contributed by atoms with E-state index >= 15 is 0 Å². The fraction of sp³-hybridized carbons (Fsp3) is 0.921. The van der Waals surface area contributed by atoms with Gasteiger partial charge in [0.2, 0.25) is 27.7 Å². The van der Waals surface area contributed by atoms with Gasteiger partial charge in [0.1, 0.15) is 12.3 Å². The van der Waals surface area contributed by atoms with Crippen LogP contribution in [0.3, 0.4) is 0 Å². The highest BCUT2D eigenvalue weighted by atomic mass is 32.2. The Morgan fingerprint density at radius 2 is 1.42 bits per heavy atom. The summed E-state index contributed by atoms with van der Waals surface area (Å²) >= 11 is 0. The van der Waals surface area contributed by atoms with Crippen molar-refractivity contribution in [1.82, 2.24) is 25.0 Å². The number of carbonyl (C=O) groups excluding carboxylic acids is 3. The average Bonchev–Trinajstić information content (AvgIpc) is 3.09. The van der Waals surface area contributed by atoms with Crippen LogP contribution in [0, 0.1) is 23.7 Å². The number of rotatable bonds is 20. The second-order valence-electron chi connectivity index (χ2n) is 16.1. The van der Waals surface area contributed by atoms with Crippen molar-refractivity contribution in [2.75, 3.05) is 40.3 Å². The van der Waals surface area contributed by atoms with Gasteiger partial charge in [-0.2, -0.15) is 0 Å². The quantitative estimate of drug-likeness (QED) is 0.146. The average molecular weight is 762 g/mol. The van der Waals surface area contributed by atoms with Crippen LogP contribution < -0.4 is 10.7 Å². The monoisotopic (exact) mass is 761 g/mol. The lowest BCUT2D eigenvalue weighted by atomic mass is 9.79. The number of aliphatic hydroxyl groups is 1. The Kier molecular flexibility index (Phi) is 18.7. The number of aliphatic hydroxyl groups excluding tert-OH is 1. The number of hydrogen-bond acceptors (Lipinski definition) is 7. The van der Waals surface area contributed by atoms with Crippen molar-refractivity contribution < 1.29 is 36.7 Å². The van der Waals surface area contributed by atoms with E-state index in [9.17, 15) is 36.7 Å². The molecule has 0 aromatic carbocycles. The summed E-state index contributed by atoms with van der Waals surface area (Å²) in [5.41, 5.74) is 2.99. The van der Waals surface area contributed by atoms with Crippen molar-refractivity contribution in [2.24, 2.45) is 23.7 Å². The highest BCUT2D eigenvalue weighted by Gasteiger charge is 2.44. The Morgan fingerprint density at radius 1 is 0.808 bits per heavy atom. The lowest BCUT2D eigenvalue weighted by molar-refractivity contribution is -0.138. The van der Waals surface area contributed by atoms with E-state index in [4.69, 9.17) is 0 Å². The van der Waals surface area contributed by atoms with Crippen molar-refractivity contribution in [3.8, 4) is 0 Å². The van der Waals surface area contributed by atoms with E-state index < -0.39 is 63.4 Å². The van der Waals surface area contributed by atoms with Gasteiger partial charge in [-0.05, 0) is 82.5 Å². The van der Waals surface area contributed by atoms with E-state index in [0.717, 1.165) is 55.7 Å². The van der Waals surface area contributed by atoms with Gasteiger partial charge in [0, 0.05) is 65.0 Å². The largest absolute Gasteiger partial charge is 0.390 e. The summed E-state index contributed by atoms with van der Waals surface area (Å²) in [6.07, 6.45) is 5.63. The molecule has 0 bridgehead atoms. The molecule has 0 spiro atoms. The standard InChI is InChI=1S/C38H69F2N5O6S/c1-6-9-17-45(42-36(47)21-27-13-11-10-12-14-27)26-35(46)34(20-28-18-31(39)25-32(40)19-28)41-37(48)29-22-30(38(49)44(15-7-2)16-8-3)24-33(23-29)52(50,51)43(4)5/h27-35,46H,6-26H2,1-5H3,(H,41,48)(H,42,47). The van der Waals surface area contributed by atoms with Crippen LogP contribution in [0.1, 0.15) is 130 Å². The number of amides is 3. The van der Waals surface area contributed by atoms with Gasteiger partial charge in [-0.25, -0.2) is 26.5 Å². The minimum atomic E-state index is -3.81. The Labute approximate surface area is 312 Å². The van der Waals surface area contributed by atoms with Gasteiger partial charge in [0.15, 0.2) is 0 Å². The molecular weight excluding hydrogens is 693 g/mol. The van der Waals surface area contributed by atoms with Gasteiger partial charge in [0.05, 0.1) is 17.4 Å². The van der Waals surface area contributed by atoms with Crippen LogP contribution in [0.25, 0.3) is 0 Å². The van der Waals surface area contributed by atoms with Gasteiger partial charge < -0.3 is 15.3 Å². The van der Waals surface area contributed by atoms with Crippen LogP contribution in [-0.4, -0.2) is 115 Å². The van der Waals surface area contributed by atoms with Crippen molar-refractivity contribution in [3.63, 3.8) is 0 Å². The zero-order valence-electron chi connectivity index (χ0n) is 32.5. The minimum Gasteiger partial charge on any atom is -0.390 e. The fourth-order valence-electron chi connectivity index (χ4n) is 8.58. The lowest BCUT2D eigenvalue weighted by Gasteiger charge is -2.38. The summed E-state index contributed by atoms with van der Waals surface area (Å²) in [6.45, 7) is 7.54. The molecule has 14 heteroatoms. The van der Waals surface area contributed by atoms with Crippen molar-refractivity contribution in [1.29, 1.82) is 0 Å². The van der Waals surface area contributed by atoms with Crippen LogP contribution in [-0.2, 0) is 24.4 Å². The number of sulfonamides is 1. The molecule has 3 aliphatic rings. The van der Waals surface area contributed by atoms with Crippen LogP contribution in [0.5, 0.6) is 0 Å². The first-order chi connectivity index (χ1) is 24.7. The summed E-state index contributed by atoms with van der Waals surface area (Å²) in [7, 11) is -0.916. The summed E-state index contributed by atoms with van der Waals surface area (Å²) in [5.74, 6) is -2.36. The van der Waals surface area contributed by atoms with Crippen molar-refractivity contribution in [3.05, 3.63) is 0 Å². The highest BCUT2D eigenvalue weighted by Crippen LogP contribution is 2.37. The van der Waals surface area contributed by atoms with E-state index in [1.54, 1.807) is 9.91 Å². The number of halogens is 2. The number of hydrazine groups is 1. The van der Waals surface area contributed by atoms with E-state index in [2.05, 4.69) is 10.7 Å². The third-order valence-corrected chi connectivity index (χ3v) is 13.6. The lowest BCUT2D eigenvalue weighted by Crippen LogP contribution is -2.55. The molecule has 3 amide bonds. The molecule has 3 N–H and O–H groups in total. The molecule has 0 aliphatic heterocycles. The van der Waals surface area contributed by atoms with Crippen molar-refractivity contribution in [2.45, 2.75) is 160 Å². The summed E-state index contributed by atoms with van der Waals surface area (Å²) in [5, 5.41) is 15.5.